The molecule has 0 spiro atoms. The van der Waals surface area contributed by atoms with Gasteiger partial charge in [-0.1, -0.05) is 48.9 Å². The number of hydrogen-bond acceptors (Lipinski definition) is 3. The lowest BCUT2D eigenvalue weighted by Gasteiger charge is -2.18. The minimum Gasteiger partial charge on any atom is -0.492 e. The molecule has 3 aromatic rings. The van der Waals surface area contributed by atoms with Crippen LogP contribution in [0.3, 0.4) is 0 Å². The first-order chi connectivity index (χ1) is 13.2. The van der Waals surface area contributed by atoms with Gasteiger partial charge in [-0.3, -0.25) is 4.79 Å². The Hall–Kier alpha value is -2.72. The standard InChI is InChI=1S/C22H22ClNO3/c1-2-21(27-20-10-7-16-5-3-4-6-17(16)15-20)22(25)24-13-14-26-19-11-8-18(23)9-12-19/h3-12,15,21H,2,13-14H2,1H3,(H,24,25)/t21-/m1/s1. The van der Waals surface area contributed by atoms with Crippen LogP contribution in [0.15, 0.2) is 66.7 Å². The number of hydrogen-bond donors (Lipinski definition) is 1. The van der Waals surface area contributed by atoms with E-state index in [0.717, 1.165) is 10.8 Å². The number of fused-ring (bicyclic) bond motifs is 1. The van der Waals surface area contributed by atoms with Crippen LogP contribution in [0.1, 0.15) is 13.3 Å². The van der Waals surface area contributed by atoms with Crippen molar-refractivity contribution in [2.45, 2.75) is 19.4 Å². The van der Waals surface area contributed by atoms with Gasteiger partial charge in [-0.2, -0.15) is 0 Å². The Labute approximate surface area is 164 Å². The Morgan fingerprint density at radius 2 is 1.70 bits per heavy atom. The molecule has 0 bridgehead atoms. The maximum Gasteiger partial charge on any atom is 0.261 e. The van der Waals surface area contributed by atoms with Crippen LogP contribution >= 0.6 is 11.6 Å². The fourth-order valence-electron chi connectivity index (χ4n) is 2.72. The average molecular weight is 384 g/mol. The zero-order chi connectivity index (χ0) is 19.1. The van der Waals surface area contributed by atoms with E-state index >= 15 is 0 Å². The van der Waals surface area contributed by atoms with Crippen molar-refractivity contribution in [3.8, 4) is 11.5 Å². The van der Waals surface area contributed by atoms with E-state index in [1.165, 1.54) is 0 Å². The topological polar surface area (TPSA) is 47.6 Å². The zero-order valence-electron chi connectivity index (χ0n) is 15.2. The van der Waals surface area contributed by atoms with Crippen LogP contribution in [-0.4, -0.2) is 25.2 Å². The summed E-state index contributed by atoms with van der Waals surface area (Å²) >= 11 is 5.84. The second kappa shape index (κ2) is 9.28. The number of amides is 1. The third-order valence-corrected chi connectivity index (χ3v) is 4.40. The highest BCUT2D eigenvalue weighted by Crippen LogP contribution is 2.22. The quantitative estimate of drug-likeness (QED) is 0.566. The average Bonchev–Trinajstić information content (AvgIpc) is 2.70. The predicted molar refractivity (Wildman–Crippen MR) is 109 cm³/mol. The smallest absolute Gasteiger partial charge is 0.261 e. The van der Waals surface area contributed by atoms with Crippen LogP contribution in [0.5, 0.6) is 11.5 Å². The molecule has 0 saturated carbocycles. The summed E-state index contributed by atoms with van der Waals surface area (Å²) in [5, 5.41) is 5.74. The maximum atomic E-state index is 12.4. The number of carbonyl (C=O) groups is 1. The lowest BCUT2D eigenvalue weighted by atomic mass is 10.1. The summed E-state index contributed by atoms with van der Waals surface area (Å²) < 4.78 is 11.5. The number of nitrogens with one attached hydrogen (secondary N) is 1. The minimum absolute atomic E-state index is 0.148. The van der Waals surface area contributed by atoms with E-state index in [-0.39, 0.29) is 5.91 Å². The molecule has 0 aliphatic rings. The molecule has 0 unspecified atom stereocenters. The second-order valence-electron chi connectivity index (χ2n) is 6.12. The summed E-state index contributed by atoms with van der Waals surface area (Å²) in [6.45, 7) is 2.70. The second-order valence-corrected chi connectivity index (χ2v) is 6.55. The predicted octanol–water partition coefficient (Wildman–Crippen LogP) is 4.85. The largest absolute Gasteiger partial charge is 0.492 e. The lowest BCUT2D eigenvalue weighted by Crippen LogP contribution is -2.39. The Morgan fingerprint density at radius 3 is 2.44 bits per heavy atom. The van der Waals surface area contributed by atoms with Crippen molar-refractivity contribution in [3.63, 3.8) is 0 Å². The highest BCUT2D eigenvalue weighted by Gasteiger charge is 2.18. The molecule has 1 amide bonds. The van der Waals surface area contributed by atoms with Crippen molar-refractivity contribution < 1.29 is 14.3 Å². The summed E-state index contributed by atoms with van der Waals surface area (Å²) in [6, 6.07) is 21.0. The van der Waals surface area contributed by atoms with Gasteiger partial charge in [0.1, 0.15) is 18.1 Å². The lowest BCUT2D eigenvalue weighted by molar-refractivity contribution is -0.128. The normalized spacial score (nSPS) is 11.8. The fourth-order valence-corrected chi connectivity index (χ4v) is 2.84. The van der Waals surface area contributed by atoms with Gasteiger partial charge in [0.2, 0.25) is 0 Å². The van der Waals surface area contributed by atoms with Gasteiger partial charge in [0.15, 0.2) is 6.10 Å². The van der Waals surface area contributed by atoms with E-state index in [9.17, 15) is 4.79 Å². The first kappa shape index (κ1) is 19.1. The number of benzene rings is 3. The van der Waals surface area contributed by atoms with E-state index in [1.54, 1.807) is 24.3 Å². The molecule has 0 aromatic heterocycles. The van der Waals surface area contributed by atoms with E-state index in [1.807, 2.05) is 49.4 Å². The first-order valence-corrected chi connectivity index (χ1v) is 9.35. The molecule has 0 fully saturated rings. The van der Waals surface area contributed by atoms with Crippen LogP contribution in [0, 0.1) is 0 Å². The highest BCUT2D eigenvalue weighted by atomic mass is 35.5. The Bertz CT molecular complexity index is 895. The van der Waals surface area contributed by atoms with E-state index < -0.39 is 6.10 Å². The Kier molecular flexibility index (Phi) is 6.55. The van der Waals surface area contributed by atoms with Crippen molar-refractivity contribution in [1.29, 1.82) is 0 Å². The molecule has 4 nitrogen and oxygen atoms in total. The first-order valence-electron chi connectivity index (χ1n) is 8.97. The van der Waals surface area contributed by atoms with E-state index in [4.69, 9.17) is 21.1 Å². The van der Waals surface area contributed by atoms with Crippen LogP contribution < -0.4 is 14.8 Å². The summed E-state index contributed by atoms with van der Waals surface area (Å²) in [5.41, 5.74) is 0. The van der Waals surface area contributed by atoms with Gasteiger partial charge >= 0.3 is 0 Å². The molecule has 1 atom stereocenters. The van der Waals surface area contributed by atoms with Gasteiger partial charge in [0.05, 0.1) is 6.54 Å². The summed E-state index contributed by atoms with van der Waals surface area (Å²) in [4.78, 5) is 12.4. The third-order valence-electron chi connectivity index (χ3n) is 4.15. The van der Waals surface area contributed by atoms with E-state index in [2.05, 4.69) is 5.32 Å². The molecule has 0 aliphatic heterocycles. The monoisotopic (exact) mass is 383 g/mol. The number of rotatable bonds is 8. The molecule has 3 rings (SSSR count). The van der Waals surface area contributed by atoms with E-state index in [0.29, 0.717) is 36.1 Å². The molecular formula is C22H22ClNO3. The van der Waals surface area contributed by atoms with Crippen molar-refractivity contribution in [2.24, 2.45) is 0 Å². The minimum atomic E-state index is -0.540. The van der Waals surface area contributed by atoms with Crippen molar-refractivity contribution in [1.82, 2.24) is 5.32 Å². The van der Waals surface area contributed by atoms with Crippen molar-refractivity contribution in [2.75, 3.05) is 13.2 Å². The van der Waals surface area contributed by atoms with Gasteiger partial charge in [-0.15, -0.1) is 0 Å². The Balaban J connectivity index is 1.50. The molecule has 140 valence electrons. The van der Waals surface area contributed by atoms with Crippen molar-refractivity contribution >= 4 is 28.3 Å². The molecule has 0 radical (unpaired) electrons. The summed E-state index contributed by atoms with van der Waals surface area (Å²) in [6.07, 6.45) is 0.0400. The molecule has 5 heteroatoms. The number of carbonyl (C=O) groups excluding carboxylic acids is 1. The molecule has 0 heterocycles. The summed E-state index contributed by atoms with van der Waals surface area (Å²) in [5.74, 6) is 1.26. The van der Waals surface area contributed by atoms with Crippen LogP contribution in [0.2, 0.25) is 5.02 Å². The fraction of sp³-hybridized carbons (Fsp3) is 0.227. The van der Waals surface area contributed by atoms with Crippen LogP contribution in [0.4, 0.5) is 0 Å². The molecule has 3 aromatic carbocycles. The molecule has 27 heavy (non-hydrogen) atoms. The highest BCUT2D eigenvalue weighted by molar-refractivity contribution is 6.30. The SMILES string of the molecule is CC[C@@H](Oc1ccc2ccccc2c1)C(=O)NCCOc1ccc(Cl)cc1. The van der Waals surface area contributed by atoms with Gasteiger partial charge in [-0.25, -0.2) is 0 Å². The number of ether oxygens (including phenoxy) is 2. The number of halogens is 1. The van der Waals surface area contributed by atoms with Gasteiger partial charge in [-0.05, 0) is 53.6 Å². The van der Waals surface area contributed by atoms with Gasteiger partial charge in [0.25, 0.3) is 5.91 Å². The maximum absolute atomic E-state index is 12.4. The third kappa shape index (κ3) is 5.38. The van der Waals surface area contributed by atoms with Gasteiger partial charge in [0, 0.05) is 5.02 Å². The zero-order valence-corrected chi connectivity index (χ0v) is 15.9. The molecule has 1 N–H and O–H groups in total. The van der Waals surface area contributed by atoms with Crippen molar-refractivity contribution in [3.05, 3.63) is 71.8 Å². The van der Waals surface area contributed by atoms with Crippen LogP contribution in [0.25, 0.3) is 10.8 Å². The van der Waals surface area contributed by atoms with Gasteiger partial charge < -0.3 is 14.8 Å². The molecular weight excluding hydrogens is 362 g/mol. The molecule has 0 saturated heterocycles. The molecule has 0 aliphatic carbocycles. The van der Waals surface area contributed by atoms with Crippen LogP contribution in [-0.2, 0) is 4.79 Å². The summed E-state index contributed by atoms with van der Waals surface area (Å²) in [7, 11) is 0. The Morgan fingerprint density at radius 1 is 1.00 bits per heavy atom.